The van der Waals surface area contributed by atoms with Gasteiger partial charge in [-0.25, -0.2) is 4.98 Å². The number of pyridine rings is 1. The zero-order valence-corrected chi connectivity index (χ0v) is 14.1. The number of carbonyl (C=O) groups is 1. The molecule has 1 amide bonds. The Hall–Kier alpha value is -2.90. The molecule has 1 aliphatic heterocycles. The predicted molar refractivity (Wildman–Crippen MR) is 91.8 cm³/mol. The van der Waals surface area contributed by atoms with Gasteiger partial charge >= 0.3 is 0 Å². The molecule has 0 spiro atoms. The second-order valence-corrected chi connectivity index (χ2v) is 5.88. The van der Waals surface area contributed by atoms with Gasteiger partial charge in [0.05, 0.1) is 13.7 Å². The number of hydrogen-bond donors (Lipinski definition) is 1. The number of ether oxygens (including phenoxy) is 2. The van der Waals surface area contributed by atoms with Crippen LogP contribution < -0.4 is 20.1 Å². The van der Waals surface area contributed by atoms with E-state index < -0.39 is 5.91 Å². The second-order valence-electron chi connectivity index (χ2n) is 5.88. The molecule has 3 rings (SSSR count). The molecule has 132 valence electrons. The van der Waals surface area contributed by atoms with Crippen LogP contribution in [0.1, 0.15) is 23.3 Å². The monoisotopic (exact) mass is 343 g/mol. The molecule has 2 N–H and O–H groups in total. The normalized spacial score (nSPS) is 15.0. The Morgan fingerprint density at radius 3 is 2.76 bits per heavy atom. The number of amides is 1. The van der Waals surface area contributed by atoms with E-state index in [-0.39, 0.29) is 5.69 Å². The van der Waals surface area contributed by atoms with Crippen molar-refractivity contribution in [1.82, 2.24) is 15.0 Å². The molecule has 0 atom stereocenters. The third-order valence-electron chi connectivity index (χ3n) is 4.19. The molecular weight excluding hydrogens is 322 g/mol. The van der Waals surface area contributed by atoms with Gasteiger partial charge in [0.25, 0.3) is 5.91 Å². The Kier molecular flexibility index (Phi) is 5.27. The first kappa shape index (κ1) is 16.9. The molecule has 8 heteroatoms. The molecule has 1 saturated heterocycles. The Morgan fingerprint density at radius 2 is 2.04 bits per heavy atom. The van der Waals surface area contributed by atoms with Gasteiger partial charge in [-0.3, -0.25) is 9.78 Å². The Labute approximate surface area is 146 Å². The maximum atomic E-state index is 11.2. The molecule has 2 aromatic rings. The van der Waals surface area contributed by atoms with Crippen LogP contribution >= 0.6 is 0 Å². The van der Waals surface area contributed by atoms with Crippen LogP contribution in [0.5, 0.6) is 11.6 Å². The van der Waals surface area contributed by atoms with E-state index in [1.165, 1.54) is 6.20 Å². The number of methoxy groups -OCH3 is 1. The third-order valence-corrected chi connectivity index (χ3v) is 4.19. The summed E-state index contributed by atoms with van der Waals surface area (Å²) in [6.45, 7) is 2.32. The minimum absolute atomic E-state index is 0.211. The lowest BCUT2D eigenvalue weighted by Gasteiger charge is -2.31. The largest absolute Gasteiger partial charge is 0.493 e. The fourth-order valence-electron chi connectivity index (χ4n) is 2.75. The van der Waals surface area contributed by atoms with Gasteiger partial charge < -0.3 is 20.1 Å². The van der Waals surface area contributed by atoms with E-state index in [1.54, 1.807) is 31.5 Å². The lowest BCUT2D eigenvalue weighted by molar-refractivity contribution is 0.0995. The van der Waals surface area contributed by atoms with Crippen LogP contribution in [0.15, 0.2) is 30.6 Å². The summed E-state index contributed by atoms with van der Waals surface area (Å²) < 4.78 is 10.9. The zero-order valence-electron chi connectivity index (χ0n) is 14.1. The van der Waals surface area contributed by atoms with Gasteiger partial charge in [0.2, 0.25) is 11.8 Å². The molecule has 0 radical (unpaired) electrons. The molecule has 25 heavy (non-hydrogen) atoms. The van der Waals surface area contributed by atoms with Crippen molar-refractivity contribution in [2.24, 2.45) is 11.7 Å². The average molecular weight is 343 g/mol. The number of aromatic nitrogens is 3. The highest BCUT2D eigenvalue weighted by Gasteiger charge is 2.22. The topological polar surface area (TPSA) is 103 Å². The number of carbonyl (C=O) groups excluding carboxylic acids is 1. The number of primary amides is 1. The van der Waals surface area contributed by atoms with Crippen molar-refractivity contribution in [3.63, 3.8) is 0 Å². The van der Waals surface area contributed by atoms with Crippen molar-refractivity contribution < 1.29 is 14.3 Å². The van der Waals surface area contributed by atoms with Crippen LogP contribution in [-0.2, 0) is 0 Å². The van der Waals surface area contributed by atoms with E-state index in [0.29, 0.717) is 30.1 Å². The van der Waals surface area contributed by atoms with E-state index >= 15 is 0 Å². The fourth-order valence-corrected chi connectivity index (χ4v) is 2.75. The van der Waals surface area contributed by atoms with Crippen molar-refractivity contribution in [2.45, 2.75) is 12.8 Å². The summed E-state index contributed by atoms with van der Waals surface area (Å²) in [5.41, 5.74) is 5.44. The lowest BCUT2D eigenvalue weighted by atomic mass is 9.98. The van der Waals surface area contributed by atoms with Gasteiger partial charge in [-0.15, -0.1) is 0 Å². The van der Waals surface area contributed by atoms with Crippen LogP contribution in [0.4, 0.5) is 5.95 Å². The summed E-state index contributed by atoms with van der Waals surface area (Å²) in [4.78, 5) is 25.9. The maximum Gasteiger partial charge on any atom is 0.267 e. The molecular formula is C17H21N5O3. The van der Waals surface area contributed by atoms with Crippen LogP contribution in [0.2, 0.25) is 0 Å². The van der Waals surface area contributed by atoms with Crippen molar-refractivity contribution in [3.05, 3.63) is 36.3 Å². The number of nitrogens with zero attached hydrogens (tertiary/aromatic N) is 4. The number of nitrogens with two attached hydrogens (primary N) is 1. The van der Waals surface area contributed by atoms with Crippen LogP contribution in [-0.4, -0.2) is 47.7 Å². The smallest absolute Gasteiger partial charge is 0.267 e. The van der Waals surface area contributed by atoms with Crippen LogP contribution in [0.3, 0.4) is 0 Å². The molecule has 0 saturated carbocycles. The highest BCUT2D eigenvalue weighted by atomic mass is 16.5. The van der Waals surface area contributed by atoms with E-state index in [9.17, 15) is 4.79 Å². The quantitative estimate of drug-likeness (QED) is 0.842. The van der Waals surface area contributed by atoms with Crippen molar-refractivity contribution >= 4 is 11.9 Å². The van der Waals surface area contributed by atoms with Gasteiger partial charge in [-0.05, 0) is 24.8 Å². The summed E-state index contributed by atoms with van der Waals surface area (Å²) in [5, 5.41) is 0. The third kappa shape index (κ3) is 4.34. The summed E-state index contributed by atoms with van der Waals surface area (Å²) in [6.07, 6.45) is 5.19. The molecule has 0 aliphatic carbocycles. The Morgan fingerprint density at radius 1 is 1.28 bits per heavy atom. The van der Waals surface area contributed by atoms with Gasteiger partial charge in [0.1, 0.15) is 11.4 Å². The highest BCUT2D eigenvalue weighted by molar-refractivity contribution is 5.91. The van der Waals surface area contributed by atoms with Gasteiger partial charge in [-0.1, -0.05) is 0 Å². The van der Waals surface area contributed by atoms with E-state index in [2.05, 4.69) is 19.9 Å². The van der Waals surface area contributed by atoms with Gasteiger partial charge in [0.15, 0.2) is 0 Å². The van der Waals surface area contributed by atoms with Gasteiger partial charge in [0, 0.05) is 37.6 Å². The first-order chi connectivity index (χ1) is 12.2. The molecule has 3 heterocycles. The van der Waals surface area contributed by atoms with Crippen molar-refractivity contribution in [1.29, 1.82) is 0 Å². The molecule has 8 nitrogen and oxygen atoms in total. The Balaban J connectivity index is 1.51. The predicted octanol–water partition coefficient (Wildman–Crippen LogP) is 1.27. The number of rotatable bonds is 6. The molecule has 1 fully saturated rings. The van der Waals surface area contributed by atoms with E-state index in [1.807, 2.05) is 0 Å². The zero-order chi connectivity index (χ0) is 17.6. The molecule has 0 bridgehead atoms. The summed E-state index contributed by atoms with van der Waals surface area (Å²) in [5.74, 6) is 1.75. The number of hydrogen-bond acceptors (Lipinski definition) is 7. The number of anilines is 1. The molecule has 1 aliphatic rings. The average Bonchev–Trinajstić information content (AvgIpc) is 2.67. The summed E-state index contributed by atoms with van der Waals surface area (Å²) in [6, 6.07) is 5.03. The fraction of sp³-hybridized carbons (Fsp3) is 0.412. The first-order valence-electron chi connectivity index (χ1n) is 8.16. The molecule has 0 unspecified atom stereocenters. The van der Waals surface area contributed by atoms with Crippen LogP contribution in [0, 0.1) is 5.92 Å². The van der Waals surface area contributed by atoms with Crippen molar-refractivity contribution in [3.8, 4) is 11.6 Å². The number of piperidine rings is 1. The SMILES string of the molecule is COc1ccnc(N2CCC(COc3ccnc(C(N)=O)c3)CC2)n1. The minimum Gasteiger partial charge on any atom is -0.493 e. The van der Waals surface area contributed by atoms with E-state index in [0.717, 1.165) is 25.9 Å². The maximum absolute atomic E-state index is 11.2. The molecule has 0 aromatic carbocycles. The van der Waals surface area contributed by atoms with Crippen LogP contribution in [0.25, 0.3) is 0 Å². The highest BCUT2D eigenvalue weighted by Crippen LogP contribution is 2.23. The van der Waals surface area contributed by atoms with Crippen molar-refractivity contribution in [2.75, 3.05) is 31.7 Å². The standard InChI is InChI=1S/C17H21N5O3/c1-24-15-3-7-20-17(21-15)22-8-4-12(5-9-22)11-25-13-2-6-19-14(10-13)16(18)23/h2-3,6-7,10,12H,4-5,8-9,11H2,1H3,(H2,18,23). The second kappa shape index (κ2) is 7.78. The minimum atomic E-state index is -0.558. The molecule has 2 aromatic heterocycles. The first-order valence-corrected chi connectivity index (χ1v) is 8.16. The summed E-state index contributed by atoms with van der Waals surface area (Å²) in [7, 11) is 1.60. The lowest BCUT2D eigenvalue weighted by Crippen LogP contribution is -2.36. The van der Waals surface area contributed by atoms with Gasteiger partial charge in [-0.2, -0.15) is 4.98 Å². The Bertz CT molecular complexity index is 732. The summed E-state index contributed by atoms with van der Waals surface area (Å²) >= 11 is 0. The van der Waals surface area contributed by atoms with E-state index in [4.69, 9.17) is 15.2 Å².